The number of carbonyl (C=O) groups excluding carboxylic acids is 1. The first kappa shape index (κ1) is 25.5. The van der Waals surface area contributed by atoms with Gasteiger partial charge in [-0.25, -0.2) is 18.0 Å². The van der Waals surface area contributed by atoms with Crippen LogP contribution in [-0.4, -0.2) is 55.5 Å². The quantitative estimate of drug-likeness (QED) is 0.246. The SMILES string of the molecule is COc1ccc(S(=O)(=O)N(C(=O)OCc2ccccc2)[C@@H](CCCN=C(N)N)C(=O)O)cc1. The second kappa shape index (κ2) is 11.7. The number of carboxylic acid groups (broad SMARTS) is 1. The molecule has 0 radical (unpaired) electrons. The van der Waals surface area contributed by atoms with Gasteiger partial charge < -0.3 is 26.0 Å². The molecule has 2 rings (SSSR count). The van der Waals surface area contributed by atoms with E-state index in [4.69, 9.17) is 20.9 Å². The van der Waals surface area contributed by atoms with Crippen molar-refractivity contribution in [2.45, 2.75) is 30.4 Å². The fourth-order valence-electron chi connectivity index (χ4n) is 2.87. The topological polar surface area (TPSA) is 175 Å². The lowest BCUT2D eigenvalue weighted by atomic mass is 10.1. The van der Waals surface area contributed by atoms with Crippen molar-refractivity contribution in [1.82, 2.24) is 4.31 Å². The Hall–Kier alpha value is -3.80. The van der Waals surface area contributed by atoms with Gasteiger partial charge >= 0.3 is 12.1 Å². The van der Waals surface area contributed by atoms with Crippen LogP contribution in [0.3, 0.4) is 0 Å². The molecule has 33 heavy (non-hydrogen) atoms. The van der Waals surface area contributed by atoms with Gasteiger partial charge in [0.25, 0.3) is 10.0 Å². The highest BCUT2D eigenvalue weighted by molar-refractivity contribution is 7.89. The number of benzene rings is 2. The van der Waals surface area contributed by atoms with Crippen molar-refractivity contribution in [3.8, 4) is 5.75 Å². The second-order valence-corrected chi connectivity index (χ2v) is 8.63. The Morgan fingerprint density at radius 2 is 1.73 bits per heavy atom. The number of hydrogen-bond acceptors (Lipinski definition) is 7. The predicted octanol–water partition coefficient (Wildman–Crippen LogP) is 1.53. The van der Waals surface area contributed by atoms with Crippen LogP contribution in [0.15, 0.2) is 64.5 Å². The summed E-state index contributed by atoms with van der Waals surface area (Å²) in [5.74, 6) is -1.32. The number of carbonyl (C=O) groups is 2. The maximum atomic E-state index is 13.3. The zero-order valence-electron chi connectivity index (χ0n) is 18.0. The molecular weight excluding hydrogens is 452 g/mol. The number of guanidine groups is 1. The summed E-state index contributed by atoms with van der Waals surface area (Å²) < 4.78 is 37.1. The van der Waals surface area contributed by atoms with Crippen molar-refractivity contribution in [2.75, 3.05) is 13.7 Å². The summed E-state index contributed by atoms with van der Waals surface area (Å²) in [6, 6.07) is 12.0. The van der Waals surface area contributed by atoms with Gasteiger partial charge in [-0.2, -0.15) is 4.31 Å². The third kappa shape index (κ3) is 7.10. The predicted molar refractivity (Wildman–Crippen MR) is 120 cm³/mol. The van der Waals surface area contributed by atoms with E-state index in [0.717, 1.165) is 0 Å². The zero-order chi connectivity index (χ0) is 24.4. The van der Waals surface area contributed by atoms with E-state index in [-0.39, 0.29) is 41.2 Å². The molecule has 0 saturated carbocycles. The van der Waals surface area contributed by atoms with Crippen molar-refractivity contribution >= 4 is 28.0 Å². The molecule has 5 N–H and O–H groups in total. The van der Waals surface area contributed by atoms with Crippen molar-refractivity contribution < 1.29 is 32.6 Å². The maximum Gasteiger partial charge on any atom is 0.425 e. The third-order valence-corrected chi connectivity index (χ3v) is 6.29. The molecule has 0 aliphatic carbocycles. The standard InChI is InChI=1S/C21H26N4O7S/c1-31-16-9-11-17(12-10-16)33(29,30)25(18(19(26)27)8-5-13-24-20(22)23)21(28)32-14-15-6-3-2-4-7-15/h2-4,6-7,9-12,18H,5,8,13-14H2,1H3,(H,26,27)(H4,22,23,24)/t18-/m0/s1. The molecule has 1 amide bonds. The number of ether oxygens (including phenoxy) is 2. The molecule has 0 heterocycles. The molecule has 0 aliphatic heterocycles. The van der Waals surface area contributed by atoms with Gasteiger partial charge in [-0.1, -0.05) is 30.3 Å². The number of nitrogens with two attached hydrogens (primary N) is 2. The molecule has 178 valence electrons. The van der Waals surface area contributed by atoms with Crippen LogP contribution in [0.1, 0.15) is 18.4 Å². The molecule has 0 unspecified atom stereocenters. The molecule has 1 atom stereocenters. The van der Waals surface area contributed by atoms with E-state index in [9.17, 15) is 23.1 Å². The Kier molecular flexibility index (Phi) is 9.04. The van der Waals surface area contributed by atoms with E-state index in [0.29, 0.717) is 11.3 Å². The Balaban J connectivity index is 2.38. The molecule has 0 bridgehead atoms. The summed E-state index contributed by atoms with van der Waals surface area (Å²) in [7, 11) is -3.18. The number of sulfonamides is 1. The molecule has 0 saturated heterocycles. The fourth-order valence-corrected chi connectivity index (χ4v) is 4.36. The minimum absolute atomic E-state index is 0.0571. The van der Waals surface area contributed by atoms with Crippen LogP contribution in [-0.2, 0) is 26.2 Å². The Morgan fingerprint density at radius 3 is 2.27 bits per heavy atom. The summed E-state index contributed by atoms with van der Waals surface area (Å²) in [4.78, 5) is 28.4. The van der Waals surface area contributed by atoms with Gasteiger partial charge in [0.15, 0.2) is 5.96 Å². The lowest BCUT2D eigenvalue weighted by molar-refractivity contribution is -0.141. The van der Waals surface area contributed by atoms with Crippen molar-refractivity contribution in [2.24, 2.45) is 16.5 Å². The first-order chi connectivity index (χ1) is 15.7. The average Bonchev–Trinajstić information content (AvgIpc) is 2.79. The monoisotopic (exact) mass is 478 g/mol. The zero-order valence-corrected chi connectivity index (χ0v) is 18.8. The second-order valence-electron chi connectivity index (χ2n) is 6.82. The van der Waals surface area contributed by atoms with Crippen LogP contribution in [0.5, 0.6) is 5.75 Å². The highest BCUT2D eigenvalue weighted by Gasteiger charge is 2.40. The number of rotatable bonds is 11. The third-order valence-electron chi connectivity index (χ3n) is 4.50. The van der Waals surface area contributed by atoms with E-state index >= 15 is 0 Å². The summed E-state index contributed by atoms with van der Waals surface area (Å²) >= 11 is 0. The van der Waals surface area contributed by atoms with Crippen LogP contribution in [0, 0.1) is 0 Å². The number of nitrogens with zero attached hydrogens (tertiary/aromatic N) is 2. The van der Waals surface area contributed by atoms with E-state index in [1.807, 2.05) is 0 Å². The molecule has 0 aromatic heterocycles. The van der Waals surface area contributed by atoms with E-state index < -0.39 is 28.1 Å². The lowest BCUT2D eigenvalue weighted by Gasteiger charge is -2.27. The Labute approximate surface area is 191 Å². The minimum atomic E-state index is -4.59. The van der Waals surface area contributed by atoms with Gasteiger partial charge in [-0.15, -0.1) is 0 Å². The van der Waals surface area contributed by atoms with Crippen molar-refractivity contribution in [3.05, 3.63) is 60.2 Å². The first-order valence-electron chi connectivity index (χ1n) is 9.84. The van der Waals surface area contributed by atoms with E-state index in [1.165, 1.54) is 31.4 Å². The lowest BCUT2D eigenvalue weighted by Crippen LogP contribution is -2.48. The molecule has 11 nitrogen and oxygen atoms in total. The number of amides is 1. The molecule has 2 aromatic carbocycles. The maximum absolute atomic E-state index is 13.3. The van der Waals surface area contributed by atoms with Crippen LogP contribution in [0.4, 0.5) is 4.79 Å². The normalized spacial score (nSPS) is 11.8. The molecule has 0 fully saturated rings. The van der Waals surface area contributed by atoms with Gasteiger partial charge in [0.2, 0.25) is 0 Å². The van der Waals surface area contributed by atoms with E-state index in [1.54, 1.807) is 30.3 Å². The highest BCUT2D eigenvalue weighted by Crippen LogP contribution is 2.24. The van der Waals surface area contributed by atoms with Gasteiger partial charge in [0, 0.05) is 6.54 Å². The number of aliphatic carboxylic acids is 1. The van der Waals surface area contributed by atoms with Crippen LogP contribution in [0.25, 0.3) is 0 Å². The summed E-state index contributed by atoms with van der Waals surface area (Å²) in [5.41, 5.74) is 11.1. The van der Waals surface area contributed by atoms with E-state index in [2.05, 4.69) is 4.99 Å². The largest absolute Gasteiger partial charge is 0.497 e. The average molecular weight is 479 g/mol. The van der Waals surface area contributed by atoms with Crippen LogP contribution >= 0.6 is 0 Å². The van der Waals surface area contributed by atoms with Gasteiger partial charge in [-0.3, -0.25) is 4.99 Å². The van der Waals surface area contributed by atoms with Crippen molar-refractivity contribution in [1.29, 1.82) is 0 Å². The molecule has 12 heteroatoms. The summed E-state index contributed by atoms with van der Waals surface area (Å²) in [6.07, 6.45) is -1.44. The summed E-state index contributed by atoms with van der Waals surface area (Å²) in [5, 5.41) is 9.76. The summed E-state index contributed by atoms with van der Waals surface area (Å²) in [6.45, 7) is -0.184. The van der Waals surface area contributed by atoms with Crippen molar-refractivity contribution in [3.63, 3.8) is 0 Å². The van der Waals surface area contributed by atoms with Crippen LogP contribution in [0.2, 0.25) is 0 Å². The molecule has 2 aromatic rings. The number of hydrogen-bond donors (Lipinski definition) is 3. The number of carboxylic acids is 1. The van der Waals surface area contributed by atoms with Gasteiger partial charge in [0.05, 0.1) is 12.0 Å². The number of aliphatic imine (C=N–C) groups is 1. The fraction of sp³-hybridized carbons (Fsp3) is 0.286. The molecule has 0 aliphatic rings. The Bertz CT molecular complexity index is 1070. The highest BCUT2D eigenvalue weighted by atomic mass is 32.2. The Morgan fingerprint density at radius 1 is 1.09 bits per heavy atom. The smallest absolute Gasteiger partial charge is 0.425 e. The number of methoxy groups -OCH3 is 1. The van der Waals surface area contributed by atoms with Gasteiger partial charge in [0.1, 0.15) is 18.4 Å². The molecular formula is C21H26N4O7S. The van der Waals surface area contributed by atoms with Crippen LogP contribution < -0.4 is 16.2 Å². The minimum Gasteiger partial charge on any atom is -0.497 e. The van der Waals surface area contributed by atoms with Gasteiger partial charge in [-0.05, 0) is 42.7 Å². The first-order valence-corrected chi connectivity index (χ1v) is 11.3. The molecule has 0 spiro atoms.